The van der Waals surface area contributed by atoms with E-state index in [4.69, 9.17) is 0 Å². The van der Waals surface area contributed by atoms with Gasteiger partial charge in [-0.25, -0.2) is 4.98 Å². The summed E-state index contributed by atoms with van der Waals surface area (Å²) >= 11 is 1.58. The number of rotatable bonds is 4. The summed E-state index contributed by atoms with van der Waals surface area (Å²) in [5.41, 5.74) is 3.56. The second-order valence-electron chi connectivity index (χ2n) is 5.13. The second-order valence-corrected chi connectivity index (χ2v) is 6.02. The van der Waals surface area contributed by atoms with Crippen LogP contribution in [0.25, 0.3) is 10.2 Å². The standard InChI is InChI=1S/C16H18N2OS/c1-2-3-5-13-6-4-9-18(13)16(19)12-7-8-14-15(10-12)20-11-17-14/h4,6-8,10-11,13H,2-3,5,9H2,1H3. The van der Waals surface area contributed by atoms with Crippen LogP contribution >= 0.6 is 11.3 Å². The van der Waals surface area contributed by atoms with Crippen LogP contribution in [0.4, 0.5) is 0 Å². The van der Waals surface area contributed by atoms with E-state index < -0.39 is 0 Å². The van der Waals surface area contributed by atoms with Crippen LogP contribution in [0, 0.1) is 0 Å². The van der Waals surface area contributed by atoms with Gasteiger partial charge in [0.2, 0.25) is 0 Å². The molecule has 2 heterocycles. The molecule has 0 saturated heterocycles. The summed E-state index contributed by atoms with van der Waals surface area (Å²) in [6.45, 7) is 2.91. The Hall–Kier alpha value is -1.68. The van der Waals surface area contributed by atoms with Crippen molar-refractivity contribution in [3.63, 3.8) is 0 Å². The van der Waals surface area contributed by atoms with Gasteiger partial charge in [0.25, 0.3) is 5.91 Å². The van der Waals surface area contributed by atoms with E-state index in [1.165, 1.54) is 6.42 Å². The van der Waals surface area contributed by atoms with Crippen LogP contribution in [0.3, 0.4) is 0 Å². The maximum atomic E-state index is 12.7. The molecule has 0 saturated carbocycles. The van der Waals surface area contributed by atoms with Crippen LogP contribution in [0.5, 0.6) is 0 Å². The predicted molar refractivity (Wildman–Crippen MR) is 83.1 cm³/mol. The van der Waals surface area contributed by atoms with Crippen molar-refractivity contribution >= 4 is 27.5 Å². The minimum atomic E-state index is 0.131. The van der Waals surface area contributed by atoms with Gasteiger partial charge >= 0.3 is 0 Å². The molecule has 0 N–H and O–H groups in total. The Morgan fingerprint density at radius 2 is 2.40 bits per heavy atom. The number of hydrogen-bond acceptors (Lipinski definition) is 3. The molecule has 4 heteroatoms. The molecule has 0 fully saturated rings. The largest absolute Gasteiger partial charge is 0.328 e. The van der Waals surface area contributed by atoms with Crippen molar-refractivity contribution in [2.24, 2.45) is 0 Å². The minimum absolute atomic E-state index is 0.131. The van der Waals surface area contributed by atoms with Crippen LogP contribution in [0.15, 0.2) is 35.9 Å². The van der Waals surface area contributed by atoms with Crippen molar-refractivity contribution < 1.29 is 4.79 Å². The van der Waals surface area contributed by atoms with Gasteiger partial charge in [0.15, 0.2) is 0 Å². The van der Waals surface area contributed by atoms with Gasteiger partial charge in [-0.05, 0) is 24.6 Å². The third-order valence-corrected chi connectivity index (χ3v) is 4.54. The summed E-state index contributed by atoms with van der Waals surface area (Å²) in [5, 5.41) is 0. The summed E-state index contributed by atoms with van der Waals surface area (Å²) in [7, 11) is 0. The highest BCUT2D eigenvalue weighted by Crippen LogP contribution is 2.23. The van der Waals surface area contributed by atoms with Crippen molar-refractivity contribution in [2.75, 3.05) is 6.54 Å². The summed E-state index contributed by atoms with van der Waals surface area (Å²) in [6, 6.07) is 6.05. The highest BCUT2D eigenvalue weighted by atomic mass is 32.1. The van der Waals surface area contributed by atoms with E-state index in [1.807, 2.05) is 28.6 Å². The Bertz CT molecular complexity index is 647. The normalized spacial score (nSPS) is 18.1. The van der Waals surface area contributed by atoms with Crippen molar-refractivity contribution in [1.29, 1.82) is 0 Å². The van der Waals surface area contributed by atoms with Crippen LogP contribution < -0.4 is 0 Å². The lowest BCUT2D eigenvalue weighted by Crippen LogP contribution is -2.36. The molecule has 0 bridgehead atoms. The number of carbonyl (C=O) groups is 1. The van der Waals surface area contributed by atoms with E-state index in [0.717, 1.165) is 35.2 Å². The molecule has 3 nitrogen and oxygen atoms in total. The van der Waals surface area contributed by atoms with Gasteiger partial charge in [-0.3, -0.25) is 4.79 Å². The molecule has 1 aliphatic rings. The molecule has 1 aromatic heterocycles. The van der Waals surface area contributed by atoms with E-state index in [9.17, 15) is 4.79 Å². The molecular formula is C16H18N2OS. The van der Waals surface area contributed by atoms with Gasteiger partial charge < -0.3 is 4.90 Å². The Kier molecular flexibility index (Phi) is 3.83. The van der Waals surface area contributed by atoms with Crippen molar-refractivity contribution in [3.05, 3.63) is 41.4 Å². The van der Waals surface area contributed by atoms with E-state index in [1.54, 1.807) is 11.3 Å². The zero-order valence-corrected chi connectivity index (χ0v) is 12.4. The van der Waals surface area contributed by atoms with Crippen LogP contribution in [0.2, 0.25) is 0 Å². The van der Waals surface area contributed by atoms with Gasteiger partial charge in [-0.1, -0.05) is 31.9 Å². The number of amides is 1. The van der Waals surface area contributed by atoms with Gasteiger partial charge in [0.1, 0.15) is 0 Å². The molecule has 2 aromatic rings. The van der Waals surface area contributed by atoms with Crippen molar-refractivity contribution in [1.82, 2.24) is 9.88 Å². The van der Waals surface area contributed by atoms with Gasteiger partial charge in [-0.2, -0.15) is 0 Å². The Balaban J connectivity index is 1.80. The average molecular weight is 286 g/mol. The third kappa shape index (κ3) is 2.48. The molecule has 0 aliphatic carbocycles. The van der Waals surface area contributed by atoms with Crippen LogP contribution in [-0.2, 0) is 0 Å². The molecule has 104 valence electrons. The number of carbonyl (C=O) groups excluding carboxylic acids is 1. The zero-order chi connectivity index (χ0) is 13.9. The first kappa shape index (κ1) is 13.3. The molecular weight excluding hydrogens is 268 g/mol. The average Bonchev–Trinajstić information content (AvgIpc) is 3.12. The first-order valence-corrected chi connectivity index (χ1v) is 7.98. The maximum absolute atomic E-state index is 12.7. The van der Waals surface area contributed by atoms with E-state index in [2.05, 4.69) is 24.1 Å². The number of fused-ring (bicyclic) bond motifs is 1. The van der Waals surface area contributed by atoms with Crippen molar-refractivity contribution in [3.8, 4) is 0 Å². The van der Waals surface area contributed by atoms with Crippen LogP contribution in [0.1, 0.15) is 36.5 Å². The number of unbranched alkanes of at least 4 members (excludes halogenated alkanes) is 1. The topological polar surface area (TPSA) is 33.2 Å². The van der Waals surface area contributed by atoms with Gasteiger partial charge in [0.05, 0.1) is 21.8 Å². The second kappa shape index (κ2) is 5.75. The fraction of sp³-hybridized carbons (Fsp3) is 0.375. The summed E-state index contributed by atoms with van der Waals surface area (Å²) in [5.74, 6) is 0.131. The Morgan fingerprint density at radius 1 is 1.50 bits per heavy atom. The molecule has 0 radical (unpaired) electrons. The highest BCUT2D eigenvalue weighted by molar-refractivity contribution is 7.16. The number of nitrogens with zero attached hydrogens (tertiary/aromatic N) is 2. The number of benzene rings is 1. The maximum Gasteiger partial charge on any atom is 0.254 e. The van der Waals surface area contributed by atoms with E-state index >= 15 is 0 Å². The lowest BCUT2D eigenvalue weighted by molar-refractivity contribution is 0.0744. The zero-order valence-electron chi connectivity index (χ0n) is 11.6. The third-order valence-electron chi connectivity index (χ3n) is 3.75. The molecule has 0 spiro atoms. The Morgan fingerprint density at radius 3 is 3.25 bits per heavy atom. The molecule has 1 amide bonds. The van der Waals surface area contributed by atoms with Crippen LogP contribution in [-0.4, -0.2) is 28.4 Å². The van der Waals surface area contributed by atoms with Gasteiger partial charge in [-0.15, -0.1) is 11.3 Å². The number of hydrogen-bond donors (Lipinski definition) is 0. The summed E-state index contributed by atoms with van der Waals surface area (Å²) in [4.78, 5) is 18.9. The predicted octanol–water partition coefficient (Wildman–Crippen LogP) is 3.87. The lowest BCUT2D eigenvalue weighted by Gasteiger charge is -2.24. The lowest BCUT2D eigenvalue weighted by atomic mass is 10.1. The quantitative estimate of drug-likeness (QED) is 0.799. The summed E-state index contributed by atoms with van der Waals surface area (Å²) in [6.07, 6.45) is 7.65. The molecule has 3 rings (SSSR count). The first-order valence-electron chi connectivity index (χ1n) is 7.10. The van der Waals surface area contributed by atoms with Crippen molar-refractivity contribution in [2.45, 2.75) is 32.2 Å². The monoisotopic (exact) mass is 286 g/mol. The molecule has 1 unspecified atom stereocenters. The molecule has 1 aliphatic heterocycles. The summed E-state index contributed by atoms with van der Waals surface area (Å²) < 4.78 is 1.08. The number of thiazole rings is 1. The SMILES string of the molecule is CCCCC1C=CCN1C(=O)c1ccc2ncsc2c1. The first-order chi connectivity index (χ1) is 9.79. The molecule has 1 aromatic carbocycles. The smallest absolute Gasteiger partial charge is 0.254 e. The highest BCUT2D eigenvalue weighted by Gasteiger charge is 2.25. The fourth-order valence-electron chi connectivity index (χ4n) is 2.62. The molecule has 1 atom stereocenters. The van der Waals surface area contributed by atoms with E-state index in [-0.39, 0.29) is 11.9 Å². The number of aromatic nitrogens is 1. The van der Waals surface area contributed by atoms with E-state index in [0.29, 0.717) is 0 Å². The Labute approximate surface area is 122 Å². The minimum Gasteiger partial charge on any atom is -0.328 e. The van der Waals surface area contributed by atoms with Gasteiger partial charge in [0, 0.05) is 12.1 Å². The fourth-order valence-corrected chi connectivity index (χ4v) is 3.34. The molecule has 20 heavy (non-hydrogen) atoms.